The number of benzene rings is 2. The molecule has 0 spiro atoms. The molecule has 5 rings (SSSR count). The number of aliphatic carboxylic acids is 1. The Bertz CT molecular complexity index is 1080. The number of hydrogen-bond donors (Lipinski definition) is 3. The lowest BCUT2D eigenvalue weighted by Gasteiger charge is -2.26. The molecule has 2 aromatic carbocycles. The van der Waals surface area contributed by atoms with E-state index in [4.69, 9.17) is 14.6 Å². The first-order chi connectivity index (χ1) is 17.0. The van der Waals surface area contributed by atoms with Gasteiger partial charge in [0, 0.05) is 18.9 Å². The summed E-state index contributed by atoms with van der Waals surface area (Å²) in [5.74, 6) is -1.53. The predicted molar refractivity (Wildman–Crippen MR) is 128 cm³/mol. The number of carboxylic acids is 1. The van der Waals surface area contributed by atoms with Crippen LogP contribution in [0.2, 0.25) is 0 Å². The smallest absolute Gasteiger partial charge is 0.407 e. The number of nitrogens with one attached hydrogen (secondary N) is 2. The summed E-state index contributed by atoms with van der Waals surface area (Å²) in [5, 5.41) is 14.8. The van der Waals surface area contributed by atoms with E-state index in [1.54, 1.807) is 0 Å². The minimum atomic E-state index is -1.03. The molecule has 2 fully saturated rings. The molecule has 1 saturated heterocycles. The summed E-state index contributed by atoms with van der Waals surface area (Å²) < 4.78 is 11.3. The van der Waals surface area contributed by atoms with Crippen molar-refractivity contribution < 1.29 is 29.0 Å². The van der Waals surface area contributed by atoms with Crippen LogP contribution in [0.5, 0.6) is 0 Å². The zero-order valence-electron chi connectivity index (χ0n) is 19.5. The normalized spacial score (nSPS) is 20.4. The molecule has 1 aliphatic heterocycles. The fourth-order valence-corrected chi connectivity index (χ4v) is 5.33. The number of rotatable bonds is 9. The highest BCUT2D eigenvalue weighted by molar-refractivity contribution is 5.87. The van der Waals surface area contributed by atoms with E-state index in [1.165, 1.54) is 0 Å². The van der Waals surface area contributed by atoms with Crippen molar-refractivity contribution in [3.8, 4) is 11.1 Å². The molecular formula is C27H30N2O6. The zero-order valence-corrected chi connectivity index (χ0v) is 19.5. The van der Waals surface area contributed by atoms with Gasteiger partial charge in [-0.1, -0.05) is 48.5 Å². The summed E-state index contributed by atoms with van der Waals surface area (Å²) in [7, 11) is 0. The Morgan fingerprint density at radius 3 is 2.29 bits per heavy atom. The van der Waals surface area contributed by atoms with Crippen LogP contribution in [0.4, 0.5) is 4.79 Å². The van der Waals surface area contributed by atoms with Crippen LogP contribution in [0.3, 0.4) is 0 Å². The molecule has 8 heteroatoms. The Kier molecular flexibility index (Phi) is 6.47. The summed E-state index contributed by atoms with van der Waals surface area (Å²) in [5.41, 5.74) is 4.03. The Balaban J connectivity index is 1.23. The van der Waals surface area contributed by atoms with E-state index in [-0.39, 0.29) is 31.5 Å². The maximum absolute atomic E-state index is 13.1. The number of alkyl carbamates (subject to hydrolysis) is 1. The minimum absolute atomic E-state index is 0.0209. The highest BCUT2D eigenvalue weighted by Gasteiger charge is 2.52. The van der Waals surface area contributed by atoms with E-state index in [0.717, 1.165) is 47.9 Å². The highest BCUT2D eigenvalue weighted by Crippen LogP contribution is 2.45. The molecule has 2 amide bonds. The fourth-order valence-electron chi connectivity index (χ4n) is 5.33. The zero-order chi connectivity index (χ0) is 24.4. The van der Waals surface area contributed by atoms with E-state index in [0.29, 0.717) is 6.61 Å². The molecule has 2 aliphatic carbocycles. The largest absolute Gasteiger partial charge is 0.481 e. The lowest BCUT2D eigenvalue weighted by molar-refractivity contribution is -0.137. The van der Waals surface area contributed by atoms with Gasteiger partial charge in [0.05, 0.1) is 11.6 Å². The van der Waals surface area contributed by atoms with Gasteiger partial charge in [-0.05, 0) is 54.4 Å². The molecule has 2 unspecified atom stereocenters. The van der Waals surface area contributed by atoms with Crippen LogP contribution in [0.1, 0.15) is 55.6 Å². The van der Waals surface area contributed by atoms with Crippen molar-refractivity contribution >= 4 is 18.0 Å². The molecule has 2 aromatic rings. The van der Waals surface area contributed by atoms with Crippen molar-refractivity contribution in [3.05, 3.63) is 59.7 Å². The second kappa shape index (κ2) is 9.70. The van der Waals surface area contributed by atoms with Crippen LogP contribution < -0.4 is 10.6 Å². The third-order valence-electron chi connectivity index (χ3n) is 7.31. The average molecular weight is 479 g/mol. The number of amides is 2. The topological polar surface area (TPSA) is 114 Å². The van der Waals surface area contributed by atoms with Crippen LogP contribution in [-0.2, 0) is 19.1 Å². The Morgan fingerprint density at radius 1 is 1.06 bits per heavy atom. The van der Waals surface area contributed by atoms with Gasteiger partial charge in [0.15, 0.2) is 0 Å². The number of hydrogen-bond acceptors (Lipinski definition) is 5. The molecular weight excluding hydrogens is 448 g/mol. The van der Waals surface area contributed by atoms with Crippen molar-refractivity contribution in [2.24, 2.45) is 0 Å². The molecule has 1 heterocycles. The average Bonchev–Trinajstić information content (AvgIpc) is 3.29. The van der Waals surface area contributed by atoms with Gasteiger partial charge in [-0.3, -0.25) is 9.59 Å². The van der Waals surface area contributed by atoms with E-state index < -0.39 is 29.6 Å². The summed E-state index contributed by atoms with van der Waals surface area (Å²) >= 11 is 0. The third kappa shape index (κ3) is 4.89. The number of ether oxygens (including phenoxy) is 2. The van der Waals surface area contributed by atoms with Crippen LogP contribution >= 0.6 is 0 Å². The van der Waals surface area contributed by atoms with Gasteiger partial charge < -0.3 is 25.2 Å². The number of fused-ring (bicyclic) bond motifs is 3. The standard InChI is InChI=1S/C27H30N2O6/c30-24(31)12-11-22(25(32)29-27(13-14-27)23-10-5-15-34-23)28-26(33)35-16-21-19-8-3-1-6-17(19)18-7-2-4-9-20(18)21/h1-4,6-9,21-23H,5,10-16H2,(H,28,33)(H,29,32)(H,30,31). The lowest BCUT2D eigenvalue weighted by atomic mass is 9.98. The molecule has 1 saturated carbocycles. The van der Waals surface area contributed by atoms with Crippen molar-refractivity contribution in [1.82, 2.24) is 10.6 Å². The van der Waals surface area contributed by atoms with E-state index in [1.807, 2.05) is 36.4 Å². The van der Waals surface area contributed by atoms with Gasteiger partial charge in [-0.2, -0.15) is 0 Å². The van der Waals surface area contributed by atoms with E-state index >= 15 is 0 Å². The first-order valence-corrected chi connectivity index (χ1v) is 12.2. The van der Waals surface area contributed by atoms with Crippen molar-refractivity contribution in [2.75, 3.05) is 13.2 Å². The molecule has 0 radical (unpaired) electrons. The minimum Gasteiger partial charge on any atom is -0.481 e. The molecule has 8 nitrogen and oxygen atoms in total. The molecule has 0 bridgehead atoms. The molecule has 0 aromatic heterocycles. The first kappa shape index (κ1) is 23.4. The Labute approximate surface area is 204 Å². The maximum atomic E-state index is 13.1. The van der Waals surface area contributed by atoms with E-state index in [9.17, 15) is 14.4 Å². The van der Waals surface area contributed by atoms with Crippen molar-refractivity contribution in [1.29, 1.82) is 0 Å². The van der Waals surface area contributed by atoms with Crippen molar-refractivity contribution in [3.63, 3.8) is 0 Å². The second-order valence-corrected chi connectivity index (χ2v) is 9.60. The quantitative estimate of drug-likeness (QED) is 0.508. The summed E-state index contributed by atoms with van der Waals surface area (Å²) in [6.07, 6.45) is 2.46. The Hall–Kier alpha value is -3.39. The SMILES string of the molecule is O=C(O)CCC(NC(=O)OCC1c2ccccc2-c2ccccc21)C(=O)NC1(C2CCCO2)CC1. The number of carboxylic acid groups (broad SMARTS) is 1. The first-order valence-electron chi connectivity index (χ1n) is 12.2. The van der Waals surface area contributed by atoms with Crippen molar-refractivity contribution in [2.45, 2.75) is 62.1 Å². The molecule has 3 N–H and O–H groups in total. The van der Waals surface area contributed by atoms with E-state index in [2.05, 4.69) is 22.8 Å². The Morgan fingerprint density at radius 2 is 1.71 bits per heavy atom. The third-order valence-corrected chi connectivity index (χ3v) is 7.31. The molecule has 3 aliphatic rings. The van der Waals surface area contributed by atoms with Gasteiger partial charge in [-0.15, -0.1) is 0 Å². The van der Waals surface area contributed by atoms with Crippen LogP contribution in [-0.4, -0.2) is 54.0 Å². The predicted octanol–water partition coefficient (Wildman–Crippen LogP) is 3.59. The summed E-state index contributed by atoms with van der Waals surface area (Å²) in [6, 6.07) is 15.1. The number of carbonyl (C=O) groups excluding carboxylic acids is 2. The monoisotopic (exact) mass is 478 g/mol. The van der Waals surface area contributed by atoms with Gasteiger partial charge in [-0.25, -0.2) is 4.79 Å². The van der Waals surface area contributed by atoms with Gasteiger partial charge in [0.1, 0.15) is 12.6 Å². The second-order valence-electron chi connectivity index (χ2n) is 9.60. The molecule has 35 heavy (non-hydrogen) atoms. The highest BCUT2D eigenvalue weighted by atomic mass is 16.5. The maximum Gasteiger partial charge on any atom is 0.407 e. The van der Waals surface area contributed by atoms with Crippen LogP contribution in [0.25, 0.3) is 11.1 Å². The molecule has 184 valence electrons. The summed E-state index contributed by atoms with van der Waals surface area (Å²) in [6.45, 7) is 0.801. The molecule has 2 atom stereocenters. The fraction of sp³-hybridized carbons (Fsp3) is 0.444. The van der Waals surface area contributed by atoms with Gasteiger partial charge in [0.25, 0.3) is 0 Å². The number of carbonyl (C=O) groups is 3. The van der Waals surface area contributed by atoms with Crippen LogP contribution in [0.15, 0.2) is 48.5 Å². The summed E-state index contributed by atoms with van der Waals surface area (Å²) in [4.78, 5) is 37.0. The lowest BCUT2D eigenvalue weighted by Crippen LogP contribution is -2.54. The van der Waals surface area contributed by atoms with Gasteiger partial charge in [0.2, 0.25) is 5.91 Å². The van der Waals surface area contributed by atoms with Crippen LogP contribution in [0, 0.1) is 0 Å². The van der Waals surface area contributed by atoms with Gasteiger partial charge >= 0.3 is 12.1 Å².